The Morgan fingerprint density at radius 2 is 1.39 bits per heavy atom. The summed E-state index contributed by atoms with van der Waals surface area (Å²) in [5.74, 6) is 0.0633. The SMILES string of the molecule is CCCCc1ccc(C(=O)N(Cc2ccccc2)Cc2cccn2Cc2ccccc2)cc1. The van der Waals surface area contributed by atoms with Crippen molar-refractivity contribution in [2.45, 2.75) is 45.8 Å². The molecular weight excluding hydrogens is 404 g/mol. The summed E-state index contributed by atoms with van der Waals surface area (Å²) in [4.78, 5) is 15.5. The zero-order valence-corrected chi connectivity index (χ0v) is 19.4. The lowest BCUT2D eigenvalue weighted by Gasteiger charge is -2.24. The molecule has 0 fully saturated rings. The summed E-state index contributed by atoms with van der Waals surface area (Å²) in [7, 11) is 0. The number of carbonyl (C=O) groups excluding carboxylic acids is 1. The minimum absolute atomic E-state index is 0.0633. The predicted octanol–water partition coefficient (Wildman–Crippen LogP) is 6.72. The quantitative estimate of drug-likeness (QED) is 0.271. The Kier molecular flexibility index (Phi) is 7.76. The normalized spacial score (nSPS) is 10.8. The first-order chi connectivity index (χ1) is 16.2. The summed E-state index contributed by atoms with van der Waals surface area (Å²) in [5, 5.41) is 0. The van der Waals surface area contributed by atoms with Crippen LogP contribution in [0.15, 0.2) is 103 Å². The third kappa shape index (κ3) is 6.23. The summed E-state index contributed by atoms with van der Waals surface area (Å²) in [5.41, 5.74) is 5.54. The van der Waals surface area contributed by atoms with E-state index in [2.05, 4.69) is 78.4 Å². The number of hydrogen-bond donors (Lipinski definition) is 0. The number of unbranched alkanes of at least 4 members (excludes halogenated alkanes) is 1. The second-order valence-electron chi connectivity index (χ2n) is 8.56. The van der Waals surface area contributed by atoms with Crippen LogP contribution in [0.1, 0.15) is 52.5 Å². The standard InChI is InChI=1S/C30H32N2O/c1-2-3-11-25-17-19-28(20-18-25)30(33)32(23-27-14-8-5-9-15-27)24-29-16-10-21-31(29)22-26-12-6-4-7-13-26/h4-10,12-21H,2-3,11,22-24H2,1H3. The maximum Gasteiger partial charge on any atom is 0.254 e. The van der Waals surface area contributed by atoms with E-state index >= 15 is 0 Å². The molecule has 0 aliphatic rings. The number of nitrogens with zero attached hydrogens (tertiary/aromatic N) is 2. The van der Waals surface area contributed by atoms with E-state index in [9.17, 15) is 4.79 Å². The number of hydrogen-bond acceptors (Lipinski definition) is 1. The van der Waals surface area contributed by atoms with Crippen LogP contribution >= 0.6 is 0 Å². The minimum atomic E-state index is 0.0633. The third-order valence-corrected chi connectivity index (χ3v) is 6.00. The molecule has 0 aliphatic heterocycles. The van der Waals surface area contributed by atoms with E-state index in [1.165, 1.54) is 24.0 Å². The summed E-state index contributed by atoms with van der Waals surface area (Å²) < 4.78 is 2.23. The van der Waals surface area contributed by atoms with Gasteiger partial charge in [-0.15, -0.1) is 0 Å². The summed E-state index contributed by atoms with van der Waals surface area (Å²) in [6.45, 7) is 4.13. The molecule has 3 aromatic carbocycles. The first-order valence-corrected chi connectivity index (χ1v) is 11.8. The fraction of sp³-hybridized carbons (Fsp3) is 0.233. The molecule has 0 N–H and O–H groups in total. The molecule has 0 unspecified atom stereocenters. The second kappa shape index (κ2) is 11.3. The molecule has 4 aromatic rings. The number of amides is 1. The van der Waals surface area contributed by atoms with Crippen molar-refractivity contribution in [2.75, 3.05) is 0 Å². The van der Waals surface area contributed by atoms with Crippen LogP contribution in [-0.4, -0.2) is 15.4 Å². The number of aromatic nitrogens is 1. The highest BCUT2D eigenvalue weighted by molar-refractivity contribution is 5.94. The van der Waals surface area contributed by atoms with Gasteiger partial charge in [0.2, 0.25) is 0 Å². The summed E-state index contributed by atoms with van der Waals surface area (Å²) in [6, 6.07) is 33.0. The number of aryl methyl sites for hydroxylation is 1. The van der Waals surface area contributed by atoms with Crippen molar-refractivity contribution < 1.29 is 4.79 Å². The molecule has 0 atom stereocenters. The molecule has 0 radical (unpaired) electrons. The van der Waals surface area contributed by atoms with Gasteiger partial charge in [0.25, 0.3) is 5.91 Å². The molecule has 168 valence electrons. The topological polar surface area (TPSA) is 25.2 Å². The van der Waals surface area contributed by atoms with Crippen molar-refractivity contribution in [1.82, 2.24) is 9.47 Å². The van der Waals surface area contributed by atoms with Crippen LogP contribution in [0.25, 0.3) is 0 Å². The molecule has 0 aliphatic carbocycles. The van der Waals surface area contributed by atoms with Gasteiger partial charge in [0, 0.05) is 30.5 Å². The van der Waals surface area contributed by atoms with E-state index in [1.807, 2.05) is 41.3 Å². The highest BCUT2D eigenvalue weighted by Gasteiger charge is 2.18. The van der Waals surface area contributed by atoms with Gasteiger partial charge in [0.15, 0.2) is 0 Å². The van der Waals surface area contributed by atoms with Gasteiger partial charge < -0.3 is 9.47 Å². The molecule has 1 heterocycles. The van der Waals surface area contributed by atoms with E-state index in [1.54, 1.807) is 0 Å². The van der Waals surface area contributed by atoms with Crippen LogP contribution < -0.4 is 0 Å². The Morgan fingerprint density at radius 1 is 0.727 bits per heavy atom. The highest BCUT2D eigenvalue weighted by Crippen LogP contribution is 2.17. The number of benzene rings is 3. The van der Waals surface area contributed by atoms with Crippen molar-refractivity contribution in [3.05, 3.63) is 131 Å². The van der Waals surface area contributed by atoms with Gasteiger partial charge in [-0.25, -0.2) is 0 Å². The molecule has 0 spiro atoms. The molecule has 3 heteroatoms. The lowest BCUT2D eigenvalue weighted by molar-refractivity contribution is 0.0726. The van der Waals surface area contributed by atoms with E-state index < -0.39 is 0 Å². The van der Waals surface area contributed by atoms with E-state index in [4.69, 9.17) is 0 Å². The Labute approximate surface area is 197 Å². The van der Waals surface area contributed by atoms with E-state index in [0.717, 1.165) is 29.8 Å². The molecule has 0 bridgehead atoms. The molecule has 1 amide bonds. The second-order valence-corrected chi connectivity index (χ2v) is 8.56. The Morgan fingerprint density at radius 3 is 2.06 bits per heavy atom. The highest BCUT2D eigenvalue weighted by atomic mass is 16.2. The number of rotatable bonds is 10. The van der Waals surface area contributed by atoms with Gasteiger partial charge in [-0.1, -0.05) is 86.1 Å². The lowest BCUT2D eigenvalue weighted by atomic mass is 10.1. The Balaban J connectivity index is 1.55. The van der Waals surface area contributed by atoms with Gasteiger partial charge in [-0.05, 0) is 53.8 Å². The van der Waals surface area contributed by atoms with Crippen molar-refractivity contribution in [3.63, 3.8) is 0 Å². The molecule has 4 rings (SSSR count). The molecular formula is C30H32N2O. The van der Waals surface area contributed by atoms with Crippen LogP contribution in [0.3, 0.4) is 0 Å². The average molecular weight is 437 g/mol. The maximum absolute atomic E-state index is 13.6. The van der Waals surface area contributed by atoms with Crippen LogP contribution in [0, 0.1) is 0 Å². The van der Waals surface area contributed by atoms with Crippen molar-refractivity contribution in [2.24, 2.45) is 0 Å². The van der Waals surface area contributed by atoms with Gasteiger partial charge in [-0.3, -0.25) is 4.79 Å². The van der Waals surface area contributed by atoms with E-state index in [0.29, 0.717) is 13.1 Å². The zero-order valence-electron chi connectivity index (χ0n) is 19.4. The Bertz CT molecular complexity index is 1130. The van der Waals surface area contributed by atoms with Crippen molar-refractivity contribution in [1.29, 1.82) is 0 Å². The predicted molar refractivity (Wildman–Crippen MR) is 135 cm³/mol. The molecule has 3 nitrogen and oxygen atoms in total. The van der Waals surface area contributed by atoms with Crippen molar-refractivity contribution >= 4 is 5.91 Å². The monoisotopic (exact) mass is 436 g/mol. The van der Waals surface area contributed by atoms with E-state index in [-0.39, 0.29) is 5.91 Å². The first-order valence-electron chi connectivity index (χ1n) is 11.8. The van der Waals surface area contributed by atoms with Gasteiger partial charge in [-0.2, -0.15) is 0 Å². The van der Waals surface area contributed by atoms with Gasteiger partial charge in [0.05, 0.1) is 6.54 Å². The molecule has 0 saturated carbocycles. The van der Waals surface area contributed by atoms with Gasteiger partial charge >= 0.3 is 0 Å². The summed E-state index contributed by atoms with van der Waals surface area (Å²) >= 11 is 0. The van der Waals surface area contributed by atoms with Crippen LogP contribution in [-0.2, 0) is 26.1 Å². The zero-order chi connectivity index (χ0) is 22.9. The lowest BCUT2D eigenvalue weighted by Crippen LogP contribution is -2.31. The maximum atomic E-state index is 13.6. The largest absolute Gasteiger partial charge is 0.345 e. The Hall–Kier alpha value is -3.59. The average Bonchev–Trinajstić information content (AvgIpc) is 3.30. The van der Waals surface area contributed by atoms with Crippen LogP contribution in [0.4, 0.5) is 0 Å². The fourth-order valence-corrected chi connectivity index (χ4v) is 4.10. The molecule has 0 saturated heterocycles. The van der Waals surface area contributed by atoms with Gasteiger partial charge in [0.1, 0.15) is 0 Å². The fourth-order valence-electron chi connectivity index (χ4n) is 4.10. The first kappa shape index (κ1) is 22.6. The smallest absolute Gasteiger partial charge is 0.254 e. The van der Waals surface area contributed by atoms with Crippen LogP contribution in [0.2, 0.25) is 0 Å². The number of carbonyl (C=O) groups is 1. The molecule has 1 aromatic heterocycles. The third-order valence-electron chi connectivity index (χ3n) is 6.00. The summed E-state index contributed by atoms with van der Waals surface area (Å²) in [6.07, 6.45) is 5.50. The molecule has 33 heavy (non-hydrogen) atoms. The minimum Gasteiger partial charge on any atom is -0.345 e. The van der Waals surface area contributed by atoms with Crippen LogP contribution in [0.5, 0.6) is 0 Å². The van der Waals surface area contributed by atoms with Crippen molar-refractivity contribution in [3.8, 4) is 0 Å².